The van der Waals surface area contributed by atoms with Gasteiger partial charge in [-0.1, -0.05) is 18.2 Å². The number of para-hydroxylation sites is 1. The Balaban J connectivity index is 2.69. The predicted octanol–water partition coefficient (Wildman–Crippen LogP) is 3.42. The Morgan fingerprint density at radius 2 is 2.00 bits per heavy atom. The third-order valence-corrected chi connectivity index (χ3v) is 2.73. The SMILES string of the molecule is COc1ccccc1C(C#N)CCC(=O)OC(C)(C)C. The fourth-order valence-corrected chi connectivity index (χ4v) is 1.90. The van der Waals surface area contributed by atoms with Crippen LogP contribution in [0.5, 0.6) is 5.75 Å². The maximum atomic E-state index is 11.7. The Morgan fingerprint density at radius 1 is 1.35 bits per heavy atom. The van der Waals surface area contributed by atoms with Crippen LogP contribution in [0.1, 0.15) is 45.1 Å². The number of rotatable bonds is 5. The summed E-state index contributed by atoms with van der Waals surface area (Å²) in [5.74, 6) is 0.00885. The van der Waals surface area contributed by atoms with Crippen molar-refractivity contribution in [1.82, 2.24) is 0 Å². The van der Waals surface area contributed by atoms with Gasteiger partial charge < -0.3 is 9.47 Å². The molecule has 1 atom stereocenters. The van der Waals surface area contributed by atoms with Crippen molar-refractivity contribution in [2.24, 2.45) is 0 Å². The minimum Gasteiger partial charge on any atom is -0.496 e. The van der Waals surface area contributed by atoms with Crippen LogP contribution in [0.15, 0.2) is 24.3 Å². The fourth-order valence-electron chi connectivity index (χ4n) is 1.90. The lowest BCUT2D eigenvalue weighted by atomic mass is 9.95. The van der Waals surface area contributed by atoms with E-state index in [1.165, 1.54) is 0 Å². The lowest BCUT2D eigenvalue weighted by molar-refractivity contribution is -0.154. The summed E-state index contributed by atoms with van der Waals surface area (Å²) in [6, 6.07) is 9.59. The summed E-state index contributed by atoms with van der Waals surface area (Å²) in [4.78, 5) is 11.7. The van der Waals surface area contributed by atoms with Gasteiger partial charge in [-0.05, 0) is 33.3 Å². The van der Waals surface area contributed by atoms with E-state index in [1.807, 2.05) is 45.0 Å². The van der Waals surface area contributed by atoms with Gasteiger partial charge in [-0.3, -0.25) is 4.79 Å². The van der Waals surface area contributed by atoms with Crippen LogP contribution < -0.4 is 4.74 Å². The molecule has 0 radical (unpaired) electrons. The van der Waals surface area contributed by atoms with Gasteiger partial charge in [0.1, 0.15) is 11.4 Å². The minimum atomic E-state index is -0.496. The van der Waals surface area contributed by atoms with Crippen LogP contribution >= 0.6 is 0 Å². The summed E-state index contributed by atoms with van der Waals surface area (Å²) in [5.41, 5.74) is 0.310. The number of hydrogen-bond donors (Lipinski definition) is 0. The quantitative estimate of drug-likeness (QED) is 0.772. The molecule has 4 nitrogen and oxygen atoms in total. The van der Waals surface area contributed by atoms with Crippen molar-refractivity contribution >= 4 is 5.97 Å². The smallest absolute Gasteiger partial charge is 0.306 e. The van der Waals surface area contributed by atoms with Crippen LogP contribution in [0.4, 0.5) is 0 Å². The fraction of sp³-hybridized carbons (Fsp3) is 0.500. The van der Waals surface area contributed by atoms with Gasteiger partial charge in [0.2, 0.25) is 0 Å². The third-order valence-electron chi connectivity index (χ3n) is 2.73. The second kappa shape index (κ2) is 6.95. The molecule has 1 aromatic carbocycles. The Labute approximate surface area is 120 Å². The predicted molar refractivity (Wildman–Crippen MR) is 76.4 cm³/mol. The van der Waals surface area contributed by atoms with Crippen LogP contribution in [0.3, 0.4) is 0 Å². The molecule has 1 rings (SSSR count). The molecular formula is C16H21NO3. The topological polar surface area (TPSA) is 59.3 Å². The van der Waals surface area contributed by atoms with Gasteiger partial charge in [-0.15, -0.1) is 0 Å². The lowest BCUT2D eigenvalue weighted by Crippen LogP contribution is -2.24. The van der Waals surface area contributed by atoms with E-state index >= 15 is 0 Å². The maximum Gasteiger partial charge on any atom is 0.306 e. The zero-order chi connectivity index (χ0) is 15.2. The van der Waals surface area contributed by atoms with Crippen molar-refractivity contribution in [3.8, 4) is 11.8 Å². The average Bonchev–Trinajstić information content (AvgIpc) is 2.38. The standard InChI is InChI=1S/C16H21NO3/c1-16(2,3)20-15(18)10-9-12(11-17)13-7-5-6-8-14(13)19-4/h5-8,12H,9-10H2,1-4H3. The van der Waals surface area contributed by atoms with Gasteiger partial charge >= 0.3 is 5.97 Å². The van der Waals surface area contributed by atoms with Crippen LogP contribution in [0.2, 0.25) is 0 Å². The van der Waals surface area contributed by atoms with E-state index in [9.17, 15) is 10.1 Å². The summed E-state index contributed by atoms with van der Waals surface area (Å²) >= 11 is 0. The Bertz CT molecular complexity index is 497. The Hall–Kier alpha value is -2.02. The van der Waals surface area contributed by atoms with Gasteiger partial charge in [0.25, 0.3) is 0 Å². The highest BCUT2D eigenvalue weighted by Gasteiger charge is 2.20. The van der Waals surface area contributed by atoms with Crippen molar-refractivity contribution in [2.45, 2.75) is 45.1 Å². The number of carbonyl (C=O) groups excluding carboxylic acids is 1. The average molecular weight is 275 g/mol. The van der Waals surface area contributed by atoms with E-state index in [2.05, 4.69) is 6.07 Å². The van der Waals surface area contributed by atoms with Crippen LogP contribution in [0.25, 0.3) is 0 Å². The van der Waals surface area contributed by atoms with E-state index in [0.29, 0.717) is 12.2 Å². The highest BCUT2D eigenvalue weighted by atomic mass is 16.6. The van der Waals surface area contributed by atoms with Crippen molar-refractivity contribution in [2.75, 3.05) is 7.11 Å². The molecule has 4 heteroatoms. The molecule has 0 saturated heterocycles. The molecular weight excluding hydrogens is 254 g/mol. The largest absolute Gasteiger partial charge is 0.496 e. The zero-order valence-electron chi connectivity index (χ0n) is 12.5. The second-order valence-electron chi connectivity index (χ2n) is 5.55. The second-order valence-corrected chi connectivity index (χ2v) is 5.55. The maximum absolute atomic E-state index is 11.7. The normalized spacial score (nSPS) is 12.3. The van der Waals surface area contributed by atoms with Crippen molar-refractivity contribution < 1.29 is 14.3 Å². The number of carbonyl (C=O) groups is 1. The first-order chi connectivity index (χ1) is 9.37. The van der Waals surface area contributed by atoms with E-state index in [1.54, 1.807) is 7.11 Å². The molecule has 0 amide bonds. The molecule has 108 valence electrons. The number of ether oxygens (including phenoxy) is 2. The van der Waals surface area contributed by atoms with Gasteiger partial charge in [0.15, 0.2) is 0 Å². The number of methoxy groups -OCH3 is 1. The molecule has 20 heavy (non-hydrogen) atoms. The molecule has 0 aromatic heterocycles. The molecule has 0 aliphatic heterocycles. The van der Waals surface area contributed by atoms with E-state index in [4.69, 9.17) is 9.47 Å². The molecule has 0 spiro atoms. The number of benzene rings is 1. The summed E-state index contributed by atoms with van der Waals surface area (Å²) in [5, 5.41) is 9.29. The molecule has 0 aliphatic rings. The number of hydrogen-bond acceptors (Lipinski definition) is 4. The molecule has 0 heterocycles. The first-order valence-corrected chi connectivity index (χ1v) is 6.61. The Kier molecular flexibility index (Phi) is 5.57. The molecule has 0 saturated carbocycles. The van der Waals surface area contributed by atoms with Crippen molar-refractivity contribution in [3.05, 3.63) is 29.8 Å². The highest BCUT2D eigenvalue weighted by Crippen LogP contribution is 2.29. The van der Waals surface area contributed by atoms with Gasteiger partial charge in [0, 0.05) is 12.0 Å². The number of esters is 1. The van der Waals surface area contributed by atoms with Crippen molar-refractivity contribution in [1.29, 1.82) is 5.26 Å². The van der Waals surface area contributed by atoms with E-state index in [-0.39, 0.29) is 18.3 Å². The van der Waals surface area contributed by atoms with Crippen LogP contribution in [-0.2, 0) is 9.53 Å². The Morgan fingerprint density at radius 3 is 2.55 bits per heavy atom. The monoisotopic (exact) mass is 275 g/mol. The summed E-state index contributed by atoms with van der Waals surface area (Å²) in [6.07, 6.45) is 0.638. The molecule has 0 aliphatic carbocycles. The first-order valence-electron chi connectivity index (χ1n) is 6.61. The minimum absolute atomic E-state index is 0.216. The van der Waals surface area contributed by atoms with Crippen LogP contribution in [-0.4, -0.2) is 18.7 Å². The summed E-state index contributed by atoms with van der Waals surface area (Å²) in [7, 11) is 1.57. The van der Waals surface area contributed by atoms with Crippen molar-refractivity contribution in [3.63, 3.8) is 0 Å². The first kappa shape index (κ1) is 16.0. The molecule has 0 N–H and O–H groups in total. The van der Waals surface area contributed by atoms with E-state index in [0.717, 1.165) is 5.56 Å². The number of nitrogens with zero attached hydrogens (tertiary/aromatic N) is 1. The van der Waals surface area contributed by atoms with Gasteiger partial charge in [-0.2, -0.15) is 5.26 Å². The third kappa shape index (κ3) is 4.93. The summed E-state index contributed by atoms with van der Waals surface area (Å²) in [6.45, 7) is 5.48. The number of nitriles is 1. The molecule has 1 aromatic rings. The van der Waals surface area contributed by atoms with Gasteiger partial charge in [-0.25, -0.2) is 0 Å². The lowest BCUT2D eigenvalue weighted by Gasteiger charge is -2.20. The molecule has 0 fully saturated rings. The highest BCUT2D eigenvalue weighted by molar-refractivity contribution is 5.70. The van der Waals surface area contributed by atoms with E-state index < -0.39 is 5.60 Å². The van der Waals surface area contributed by atoms with Crippen LogP contribution in [0, 0.1) is 11.3 Å². The molecule has 1 unspecified atom stereocenters. The summed E-state index contributed by atoms with van der Waals surface area (Å²) < 4.78 is 10.5. The zero-order valence-corrected chi connectivity index (χ0v) is 12.5. The van der Waals surface area contributed by atoms with Gasteiger partial charge in [0.05, 0.1) is 19.1 Å². The molecule has 0 bridgehead atoms.